The Hall–Kier alpha value is -1.88. The van der Waals surface area contributed by atoms with Crippen LogP contribution in [0.2, 0.25) is 5.15 Å². The van der Waals surface area contributed by atoms with E-state index in [0.717, 1.165) is 12.0 Å². The van der Waals surface area contributed by atoms with Crippen LogP contribution >= 0.6 is 11.6 Å². The van der Waals surface area contributed by atoms with Crippen LogP contribution < -0.4 is 11.1 Å². The van der Waals surface area contributed by atoms with E-state index in [1.54, 1.807) is 12.1 Å². The number of nitrogens with two attached hydrogens (primary N) is 1. The van der Waals surface area contributed by atoms with Gasteiger partial charge in [-0.2, -0.15) is 0 Å². The molecule has 0 atom stereocenters. The number of benzene rings is 1. The van der Waals surface area contributed by atoms with E-state index >= 15 is 0 Å². The number of aromatic nitrogens is 2. The van der Waals surface area contributed by atoms with Gasteiger partial charge in [0.25, 0.3) is 0 Å². The van der Waals surface area contributed by atoms with Crippen molar-refractivity contribution in [2.24, 2.45) is 0 Å². The largest absolute Gasteiger partial charge is 0.393 e. The van der Waals surface area contributed by atoms with Crippen molar-refractivity contribution in [2.75, 3.05) is 17.6 Å². The summed E-state index contributed by atoms with van der Waals surface area (Å²) in [5.41, 5.74) is 7.26. The maximum Gasteiger partial charge on any atom is 0.157 e. The third kappa shape index (κ3) is 4.04. The second kappa shape index (κ2) is 6.72. The van der Waals surface area contributed by atoms with Gasteiger partial charge in [-0.25, -0.2) is 14.4 Å². The zero-order valence-electron chi connectivity index (χ0n) is 12.0. The fourth-order valence-electron chi connectivity index (χ4n) is 1.83. The summed E-state index contributed by atoms with van der Waals surface area (Å²) < 4.78 is 12.8. The summed E-state index contributed by atoms with van der Waals surface area (Å²) in [6.45, 7) is 4.61. The van der Waals surface area contributed by atoms with Gasteiger partial charge in [-0.1, -0.05) is 37.6 Å². The van der Waals surface area contributed by atoms with Crippen LogP contribution in [0.3, 0.4) is 0 Å². The molecule has 0 unspecified atom stereocenters. The lowest BCUT2D eigenvalue weighted by Gasteiger charge is -2.12. The van der Waals surface area contributed by atoms with E-state index in [9.17, 15) is 4.39 Å². The topological polar surface area (TPSA) is 63.8 Å². The van der Waals surface area contributed by atoms with E-state index in [1.165, 1.54) is 12.1 Å². The SMILES string of the molecule is CC(C)c1nc(Cl)c(N)c(NCCc2ccc(F)cc2)n1. The van der Waals surface area contributed by atoms with Gasteiger partial charge in [0.05, 0.1) is 0 Å². The molecule has 2 aromatic rings. The van der Waals surface area contributed by atoms with Crippen LogP contribution in [0.5, 0.6) is 0 Å². The molecule has 0 saturated carbocycles. The van der Waals surface area contributed by atoms with Gasteiger partial charge in [0, 0.05) is 12.5 Å². The number of nitrogen functional groups attached to an aromatic ring is 1. The molecule has 0 radical (unpaired) electrons. The molecule has 1 heterocycles. The van der Waals surface area contributed by atoms with E-state index in [-0.39, 0.29) is 16.9 Å². The van der Waals surface area contributed by atoms with Crippen molar-refractivity contribution in [2.45, 2.75) is 26.2 Å². The van der Waals surface area contributed by atoms with Gasteiger partial charge in [0.1, 0.15) is 17.3 Å². The fourth-order valence-corrected chi connectivity index (χ4v) is 2.00. The first-order valence-electron chi connectivity index (χ1n) is 6.78. The lowest BCUT2D eigenvalue weighted by Crippen LogP contribution is -2.12. The molecule has 1 aromatic heterocycles. The van der Waals surface area contributed by atoms with Gasteiger partial charge in [-0.05, 0) is 24.1 Å². The summed E-state index contributed by atoms with van der Waals surface area (Å²) in [5.74, 6) is 1.13. The first-order valence-corrected chi connectivity index (χ1v) is 7.16. The fraction of sp³-hybridized carbons (Fsp3) is 0.333. The van der Waals surface area contributed by atoms with Crippen molar-refractivity contribution in [1.29, 1.82) is 0 Å². The quantitative estimate of drug-likeness (QED) is 0.828. The molecule has 0 fully saturated rings. The van der Waals surface area contributed by atoms with E-state index in [2.05, 4.69) is 15.3 Å². The Kier molecular flexibility index (Phi) is 4.96. The Bertz CT molecular complexity index is 614. The first-order chi connectivity index (χ1) is 9.97. The molecule has 0 bridgehead atoms. The van der Waals surface area contributed by atoms with Crippen molar-refractivity contribution in [3.63, 3.8) is 0 Å². The van der Waals surface area contributed by atoms with Crippen molar-refractivity contribution in [1.82, 2.24) is 9.97 Å². The molecule has 4 nitrogen and oxygen atoms in total. The van der Waals surface area contributed by atoms with Gasteiger partial charge in [0.15, 0.2) is 11.0 Å². The standard InChI is InChI=1S/C15H18ClFN4/c1-9(2)14-20-13(16)12(18)15(21-14)19-8-7-10-3-5-11(17)6-4-10/h3-6,9H,7-8,18H2,1-2H3,(H,19,20,21). The molecule has 1 aromatic carbocycles. The van der Waals surface area contributed by atoms with E-state index in [0.29, 0.717) is 23.9 Å². The van der Waals surface area contributed by atoms with Gasteiger partial charge in [0.2, 0.25) is 0 Å². The molecule has 0 aliphatic carbocycles. The molecule has 6 heteroatoms. The summed E-state index contributed by atoms with van der Waals surface area (Å²) in [6.07, 6.45) is 0.734. The number of hydrogen-bond donors (Lipinski definition) is 2. The van der Waals surface area contributed by atoms with Crippen LogP contribution in [0.15, 0.2) is 24.3 Å². The highest BCUT2D eigenvalue weighted by molar-refractivity contribution is 6.32. The third-order valence-electron chi connectivity index (χ3n) is 3.05. The van der Waals surface area contributed by atoms with Crippen LogP contribution in [-0.2, 0) is 6.42 Å². The normalized spacial score (nSPS) is 10.9. The van der Waals surface area contributed by atoms with E-state index in [1.807, 2.05) is 13.8 Å². The maximum absolute atomic E-state index is 12.8. The van der Waals surface area contributed by atoms with Crippen molar-refractivity contribution < 1.29 is 4.39 Å². The van der Waals surface area contributed by atoms with Crippen LogP contribution in [0.1, 0.15) is 31.2 Å². The predicted molar refractivity (Wildman–Crippen MR) is 84.1 cm³/mol. The average molecular weight is 309 g/mol. The Morgan fingerprint density at radius 1 is 1.24 bits per heavy atom. The minimum Gasteiger partial charge on any atom is -0.393 e. The van der Waals surface area contributed by atoms with Crippen LogP contribution in [0.25, 0.3) is 0 Å². The zero-order valence-corrected chi connectivity index (χ0v) is 12.8. The molecule has 0 amide bonds. The number of anilines is 2. The lowest BCUT2D eigenvalue weighted by molar-refractivity contribution is 0.627. The highest BCUT2D eigenvalue weighted by Gasteiger charge is 2.12. The minimum atomic E-state index is -0.236. The predicted octanol–water partition coefficient (Wildman–Crippen LogP) is 3.63. The van der Waals surface area contributed by atoms with Gasteiger partial charge in [-0.3, -0.25) is 0 Å². The van der Waals surface area contributed by atoms with Crippen molar-refractivity contribution >= 4 is 23.1 Å². The molecule has 0 saturated heterocycles. The zero-order chi connectivity index (χ0) is 15.4. The second-order valence-electron chi connectivity index (χ2n) is 5.09. The smallest absolute Gasteiger partial charge is 0.157 e. The van der Waals surface area contributed by atoms with Crippen LogP contribution in [0, 0.1) is 5.82 Å². The van der Waals surface area contributed by atoms with Gasteiger partial charge in [-0.15, -0.1) is 0 Å². The number of nitrogens with zero attached hydrogens (tertiary/aromatic N) is 2. The van der Waals surface area contributed by atoms with E-state index < -0.39 is 0 Å². The second-order valence-corrected chi connectivity index (χ2v) is 5.45. The Labute approximate surface area is 128 Å². The lowest BCUT2D eigenvalue weighted by atomic mass is 10.1. The maximum atomic E-state index is 12.8. The van der Waals surface area contributed by atoms with Crippen LogP contribution in [-0.4, -0.2) is 16.5 Å². The molecule has 0 spiro atoms. The molecular weight excluding hydrogens is 291 g/mol. The molecule has 112 valence electrons. The highest BCUT2D eigenvalue weighted by atomic mass is 35.5. The third-order valence-corrected chi connectivity index (χ3v) is 3.34. The molecule has 21 heavy (non-hydrogen) atoms. The Balaban J connectivity index is 2.04. The average Bonchev–Trinajstić information content (AvgIpc) is 2.45. The van der Waals surface area contributed by atoms with Crippen molar-refractivity contribution in [3.8, 4) is 0 Å². The molecule has 3 N–H and O–H groups in total. The summed E-state index contributed by atoms with van der Waals surface area (Å²) in [5, 5.41) is 3.42. The number of halogens is 2. The Morgan fingerprint density at radius 2 is 1.90 bits per heavy atom. The Morgan fingerprint density at radius 3 is 2.52 bits per heavy atom. The molecular formula is C15H18ClFN4. The summed E-state index contributed by atoms with van der Waals surface area (Å²) >= 11 is 6.02. The summed E-state index contributed by atoms with van der Waals surface area (Å²) in [7, 11) is 0. The first kappa shape index (κ1) is 15.5. The summed E-state index contributed by atoms with van der Waals surface area (Å²) in [4.78, 5) is 8.54. The van der Waals surface area contributed by atoms with Gasteiger partial charge < -0.3 is 11.1 Å². The molecule has 0 aliphatic heterocycles. The van der Waals surface area contributed by atoms with Gasteiger partial charge >= 0.3 is 0 Å². The van der Waals surface area contributed by atoms with E-state index in [4.69, 9.17) is 17.3 Å². The number of nitrogens with one attached hydrogen (secondary N) is 1. The summed E-state index contributed by atoms with van der Waals surface area (Å²) in [6, 6.07) is 6.41. The highest BCUT2D eigenvalue weighted by Crippen LogP contribution is 2.25. The number of rotatable bonds is 5. The molecule has 2 rings (SSSR count). The van der Waals surface area contributed by atoms with Crippen molar-refractivity contribution in [3.05, 3.63) is 46.6 Å². The number of hydrogen-bond acceptors (Lipinski definition) is 4. The minimum absolute atomic E-state index is 0.167. The molecule has 0 aliphatic rings. The van der Waals surface area contributed by atoms with Crippen LogP contribution in [0.4, 0.5) is 15.9 Å². The monoisotopic (exact) mass is 308 g/mol.